The number of nitrogens with one attached hydrogen (secondary N) is 2. The molecule has 4 heterocycles. The van der Waals surface area contributed by atoms with Crippen molar-refractivity contribution in [1.29, 1.82) is 0 Å². The van der Waals surface area contributed by atoms with Gasteiger partial charge in [-0.05, 0) is 35.7 Å². The first-order chi connectivity index (χ1) is 15.6. The molecule has 0 bridgehead atoms. The quantitative estimate of drug-likeness (QED) is 0.438. The molecule has 0 saturated carbocycles. The zero-order chi connectivity index (χ0) is 22.1. The number of nitrogens with zero attached hydrogens (tertiary/aromatic N) is 3. The number of H-pyrrole nitrogens is 1. The summed E-state index contributed by atoms with van der Waals surface area (Å²) in [5, 5.41) is 8.19. The maximum Gasteiger partial charge on any atom is 0.321 e. The smallest absolute Gasteiger partial charge is 0.321 e. The predicted molar refractivity (Wildman–Crippen MR) is 131 cm³/mol. The maximum atomic E-state index is 12.8. The molecule has 10 heteroatoms. The molecule has 2 N–H and O–H groups in total. The standard InChI is InChI=1S/C22H20ClN5O2S2/c23-14-3-5-15(6-4-14)24-22(30)28-9-7-27(8-10-28)12-18-25-20(29)19-16(13-32-21(19)26-18)17-2-1-11-31-17/h1-6,11,13H,7-10,12H2,(H,24,30)(H,25,26,29). The number of carbonyl (C=O) groups excluding carboxylic acids is 1. The van der Waals surface area contributed by atoms with Crippen molar-refractivity contribution in [2.45, 2.75) is 6.54 Å². The summed E-state index contributed by atoms with van der Waals surface area (Å²) in [7, 11) is 0. The number of anilines is 1. The number of urea groups is 1. The van der Waals surface area contributed by atoms with Gasteiger partial charge in [-0.1, -0.05) is 17.7 Å². The number of aromatic nitrogens is 2. The topological polar surface area (TPSA) is 81.3 Å². The Kier molecular flexibility index (Phi) is 5.97. The van der Waals surface area contributed by atoms with Crippen molar-refractivity contribution in [1.82, 2.24) is 19.8 Å². The lowest BCUT2D eigenvalue weighted by molar-refractivity contribution is 0.141. The van der Waals surface area contributed by atoms with E-state index < -0.39 is 0 Å². The van der Waals surface area contributed by atoms with Crippen molar-refractivity contribution in [2.24, 2.45) is 0 Å². The summed E-state index contributed by atoms with van der Waals surface area (Å²) in [4.78, 5) is 38.8. The minimum Gasteiger partial charge on any atom is -0.322 e. The number of carbonyl (C=O) groups is 1. The Morgan fingerprint density at radius 1 is 1.12 bits per heavy atom. The summed E-state index contributed by atoms with van der Waals surface area (Å²) in [6.45, 7) is 3.17. The highest BCUT2D eigenvalue weighted by Gasteiger charge is 2.22. The van der Waals surface area contributed by atoms with Crippen LogP contribution in [0.3, 0.4) is 0 Å². The minimum atomic E-state index is -0.125. The van der Waals surface area contributed by atoms with E-state index in [0.29, 0.717) is 49.0 Å². The molecule has 7 nitrogen and oxygen atoms in total. The summed E-state index contributed by atoms with van der Waals surface area (Å²) < 4.78 is 0. The highest BCUT2D eigenvalue weighted by Crippen LogP contribution is 2.33. The Morgan fingerprint density at radius 3 is 2.62 bits per heavy atom. The van der Waals surface area contributed by atoms with Gasteiger partial charge in [0, 0.05) is 52.7 Å². The predicted octanol–water partition coefficient (Wildman–Crippen LogP) is 4.72. The molecule has 0 spiro atoms. The average Bonchev–Trinajstić information content (AvgIpc) is 3.46. The van der Waals surface area contributed by atoms with Crippen LogP contribution in [0.4, 0.5) is 10.5 Å². The zero-order valence-corrected chi connectivity index (χ0v) is 19.4. The number of thiophene rings is 2. The lowest BCUT2D eigenvalue weighted by Gasteiger charge is -2.34. The molecule has 0 atom stereocenters. The van der Waals surface area contributed by atoms with E-state index >= 15 is 0 Å². The van der Waals surface area contributed by atoms with Gasteiger partial charge in [0.15, 0.2) is 0 Å². The first-order valence-electron chi connectivity index (χ1n) is 10.1. The van der Waals surface area contributed by atoms with E-state index in [1.165, 1.54) is 11.3 Å². The van der Waals surface area contributed by atoms with Crippen LogP contribution in [0.2, 0.25) is 5.02 Å². The van der Waals surface area contributed by atoms with Gasteiger partial charge in [-0.15, -0.1) is 22.7 Å². The van der Waals surface area contributed by atoms with Gasteiger partial charge in [0.2, 0.25) is 0 Å². The van der Waals surface area contributed by atoms with Crippen molar-refractivity contribution < 1.29 is 4.79 Å². The van der Waals surface area contributed by atoms with Crippen LogP contribution in [0.15, 0.2) is 52.0 Å². The second-order valence-corrected chi connectivity index (χ2v) is 9.76. The molecule has 164 valence electrons. The van der Waals surface area contributed by atoms with Gasteiger partial charge in [-0.2, -0.15) is 0 Å². The summed E-state index contributed by atoms with van der Waals surface area (Å²) in [5.41, 5.74) is 1.56. The zero-order valence-electron chi connectivity index (χ0n) is 17.0. The third-order valence-corrected chi connectivity index (χ3v) is 7.44. The molecule has 1 saturated heterocycles. The van der Waals surface area contributed by atoms with E-state index in [-0.39, 0.29) is 11.6 Å². The highest BCUT2D eigenvalue weighted by atomic mass is 35.5. The molecule has 4 aromatic rings. The van der Waals surface area contributed by atoms with Gasteiger partial charge in [0.05, 0.1) is 11.9 Å². The molecule has 3 aromatic heterocycles. The number of halogens is 1. The number of rotatable bonds is 4. The molecular weight excluding hydrogens is 466 g/mol. The van der Waals surface area contributed by atoms with Gasteiger partial charge in [-0.25, -0.2) is 9.78 Å². The summed E-state index contributed by atoms with van der Waals surface area (Å²) in [6.07, 6.45) is 0. The van der Waals surface area contributed by atoms with Crippen LogP contribution in [-0.4, -0.2) is 52.0 Å². The van der Waals surface area contributed by atoms with Crippen LogP contribution >= 0.6 is 34.3 Å². The van der Waals surface area contributed by atoms with E-state index in [0.717, 1.165) is 21.0 Å². The van der Waals surface area contributed by atoms with Crippen molar-refractivity contribution in [3.05, 3.63) is 68.4 Å². The third-order valence-electron chi connectivity index (χ3n) is 5.41. The van der Waals surface area contributed by atoms with E-state index in [9.17, 15) is 9.59 Å². The Hall–Kier alpha value is -2.72. The molecule has 1 aromatic carbocycles. The maximum absolute atomic E-state index is 12.8. The monoisotopic (exact) mass is 485 g/mol. The van der Waals surface area contributed by atoms with Crippen molar-refractivity contribution in [3.63, 3.8) is 0 Å². The second-order valence-electron chi connectivity index (χ2n) is 7.52. The fourth-order valence-corrected chi connectivity index (χ4v) is 5.65. The Morgan fingerprint density at radius 2 is 1.91 bits per heavy atom. The van der Waals surface area contributed by atoms with Gasteiger partial charge in [0.1, 0.15) is 10.7 Å². The largest absolute Gasteiger partial charge is 0.322 e. The number of hydrogen-bond donors (Lipinski definition) is 2. The van der Waals surface area contributed by atoms with E-state index in [4.69, 9.17) is 16.6 Å². The first-order valence-corrected chi connectivity index (χ1v) is 12.3. The summed E-state index contributed by atoms with van der Waals surface area (Å²) in [5.74, 6) is 0.654. The van der Waals surface area contributed by atoms with Crippen molar-refractivity contribution in [2.75, 3.05) is 31.5 Å². The van der Waals surface area contributed by atoms with Crippen LogP contribution in [0, 0.1) is 0 Å². The normalized spacial score (nSPS) is 14.7. The average molecular weight is 486 g/mol. The van der Waals surface area contributed by atoms with Crippen LogP contribution < -0.4 is 10.9 Å². The molecule has 1 fully saturated rings. The summed E-state index contributed by atoms with van der Waals surface area (Å²) in [6, 6.07) is 10.9. The SMILES string of the molecule is O=C(Nc1ccc(Cl)cc1)N1CCN(Cc2nc3scc(-c4cccs4)c3c(=O)[nH]2)CC1. The molecule has 0 unspecified atom stereocenters. The highest BCUT2D eigenvalue weighted by molar-refractivity contribution is 7.18. The van der Waals surface area contributed by atoms with Crippen LogP contribution in [0.1, 0.15) is 5.82 Å². The lowest BCUT2D eigenvalue weighted by atomic mass is 10.2. The number of aromatic amines is 1. The van der Waals surface area contributed by atoms with E-state index in [2.05, 4.69) is 15.2 Å². The number of amides is 2. The van der Waals surface area contributed by atoms with Gasteiger partial charge in [-0.3, -0.25) is 9.69 Å². The molecular formula is C22H20ClN5O2S2. The van der Waals surface area contributed by atoms with E-state index in [1.807, 2.05) is 22.9 Å². The molecule has 1 aliphatic rings. The molecule has 0 radical (unpaired) electrons. The van der Waals surface area contributed by atoms with Crippen molar-refractivity contribution in [3.8, 4) is 10.4 Å². The molecule has 1 aliphatic heterocycles. The molecule has 32 heavy (non-hydrogen) atoms. The third kappa shape index (κ3) is 4.42. The van der Waals surface area contributed by atoms with Crippen LogP contribution in [0.5, 0.6) is 0 Å². The first kappa shape index (κ1) is 21.1. The number of fused-ring (bicyclic) bond motifs is 1. The minimum absolute atomic E-state index is 0.101. The Bertz CT molecular complexity index is 1290. The number of benzene rings is 1. The fourth-order valence-electron chi connectivity index (χ4n) is 3.74. The van der Waals surface area contributed by atoms with Gasteiger partial charge in [0.25, 0.3) is 5.56 Å². The van der Waals surface area contributed by atoms with Crippen LogP contribution in [0.25, 0.3) is 20.7 Å². The van der Waals surface area contributed by atoms with Gasteiger partial charge < -0.3 is 15.2 Å². The Labute approximate surface area is 197 Å². The number of hydrogen-bond acceptors (Lipinski definition) is 6. The molecule has 2 amide bonds. The summed E-state index contributed by atoms with van der Waals surface area (Å²) >= 11 is 9.00. The Balaban J connectivity index is 1.22. The molecule has 5 rings (SSSR count). The lowest BCUT2D eigenvalue weighted by Crippen LogP contribution is -2.49. The fraction of sp³-hybridized carbons (Fsp3) is 0.227. The van der Waals surface area contributed by atoms with Crippen molar-refractivity contribution >= 4 is 56.2 Å². The van der Waals surface area contributed by atoms with Crippen LogP contribution in [-0.2, 0) is 6.54 Å². The second kappa shape index (κ2) is 9.03. The molecule has 0 aliphatic carbocycles. The van der Waals surface area contributed by atoms with Gasteiger partial charge >= 0.3 is 6.03 Å². The van der Waals surface area contributed by atoms with E-state index in [1.54, 1.807) is 40.5 Å². The number of piperazine rings is 1.